The number of ether oxygens (including phenoxy) is 5. The normalized spacial score (nSPS) is 41.5. The van der Waals surface area contributed by atoms with Gasteiger partial charge in [0.05, 0.1) is 5.60 Å². The van der Waals surface area contributed by atoms with Gasteiger partial charge in [-0.05, 0) is 38.8 Å². The lowest BCUT2D eigenvalue weighted by Crippen LogP contribution is -2.67. The number of epoxide rings is 1. The second-order valence-electron chi connectivity index (χ2n) is 13.0. The number of aliphatic hydroxyl groups excluding tert-OH is 1. The molecule has 0 bridgehead atoms. The maximum absolute atomic E-state index is 13.2. The smallest absolute Gasteiger partial charge is 0.342 e. The lowest BCUT2D eigenvalue weighted by Gasteiger charge is -2.54. The van der Waals surface area contributed by atoms with Crippen molar-refractivity contribution >= 4 is 23.9 Å². The van der Waals surface area contributed by atoms with Crippen LogP contribution in [0.5, 0.6) is 0 Å². The van der Waals surface area contributed by atoms with Gasteiger partial charge in [0.2, 0.25) is 0 Å². The number of hydrogen-bond donors (Lipinski definition) is 2. The van der Waals surface area contributed by atoms with Gasteiger partial charge in [-0.25, -0.2) is 4.79 Å². The summed E-state index contributed by atoms with van der Waals surface area (Å²) in [5, 5.41) is 22.9. The first-order valence-electron chi connectivity index (χ1n) is 15.3. The van der Waals surface area contributed by atoms with Crippen LogP contribution >= 0.6 is 0 Å². The molecule has 0 aromatic carbocycles. The molecule has 0 radical (unpaired) electrons. The first-order chi connectivity index (χ1) is 20.0. The molecule has 0 saturated carbocycles. The topological polar surface area (TPSA) is 158 Å². The third kappa shape index (κ3) is 5.76. The molecule has 43 heavy (non-hydrogen) atoms. The number of esters is 4. The Morgan fingerprint density at radius 1 is 1.02 bits per heavy atom. The lowest BCUT2D eigenvalue weighted by molar-refractivity contribution is -0.215. The Balaban J connectivity index is 1.85. The van der Waals surface area contributed by atoms with E-state index in [1.807, 2.05) is 0 Å². The van der Waals surface area contributed by atoms with Crippen LogP contribution in [0.1, 0.15) is 93.4 Å². The van der Waals surface area contributed by atoms with E-state index in [0.717, 1.165) is 25.7 Å². The van der Waals surface area contributed by atoms with Crippen LogP contribution in [0.15, 0.2) is 23.8 Å². The van der Waals surface area contributed by atoms with Crippen LogP contribution in [0, 0.1) is 11.3 Å². The number of carbonyl (C=O) groups is 4. The molecule has 0 unspecified atom stereocenters. The van der Waals surface area contributed by atoms with E-state index in [1.165, 1.54) is 33.8 Å². The maximum Gasteiger partial charge on any atom is 0.342 e. The zero-order chi connectivity index (χ0) is 32.0. The molecule has 0 amide bonds. The van der Waals surface area contributed by atoms with E-state index in [1.54, 1.807) is 26.0 Å². The number of fused-ring (bicyclic) bond motifs is 1. The number of aliphatic hydroxyl groups is 2. The van der Waals surface area contributed by atoms with Crippen LogP contribution in [-0.2, 0) is 42.9 Å². The molecule has 0 aromatic rings. The molecule has 4 rings (SSSR count). The molecule has 0 aromatic heterocycles. The molecule has 240 valence electrons. The predicted molar refractivity (Wildman–Crippen MR) is 152 cm³/mol. The van der Waals surface area contributed by atoms with Crippen molar-refractivity contribution in [3.63, 3.8) is 0 Å². The summed E-state index contributed by atoms with van der Waals surface area (Å²) >= 11 is 0. The molecule has 2 fully saturated rings. The maximum atomic E-state index is 13.2. The summed E-state index contributed by atoms with van der Waals surface area (Å²) < 4.78 is 29.7. The minimum Gasteiger partial charge on any atom is -0.461 e. The molecule has 4 aliphatic rings. The van der Waals surface area contributed by atoms with Gasteiger partial charge < -0.3 is 33.9 Å². The van der Waals surface area contributed by atoms with E-state index < -0.39 is 82.5 Å². The second kappa shape index (κ2) is 12.0. The van der Waals surface area contributed by atoms with E-state index in [-0.39, 0.29) is 12.8 Å². The van der Waals surface area contributed by atoms with Gasteiger partial charge in [-0.2, -0.15) is 0 Å². The van der Waals surface area contributed by atoms with Gasteiger partial charge >= 0.3 is 23.9 Å². The largest absolute Gasteiger partial charge is 0.461 e. The summed E-state index contributed by atoms with van der Waals surface area (Å²) in [5.41, 5.74) is -5.84. The van der Waals surface area contributed by atoms with E-state index >= 15 is 0 Å². The average Bonchev–Trinajstić information content (AvgIpc) is 3.49. The standard InChI is InChI=1S/C32H46O11/c1-8-9-10-11-12-13-25(36)41-21-17-23(39-19(3)33)29(5)15-14-22(35)30(6,38)26(29)27(40-20(4)34)32-24(16-18(21)2)42-28(37)31(32,7)43-32/h14-16,21-24,26-27,35,38H,8-13,17H2,1-7H3/t21-,22-,23+,24+,26-,27-,29-,30-,31+,32+/m1/s1. The molecular weight excluding hydrogens is 560 g/mol. The zero-order valence-electron chi connectivity index (χ0n) is 26.2. The Bertz CT molecular complexity index is 1190. The number of carbonyl (C=O) groups excluding carboxylic acids is 4. The first-order valence-corrected chi connectivity index (χ1v) is 15.3. The highest BCUT2D eigenvalue weighted by molar-refractivity contribution is 5.89. The van der Waals surface area contributed by atoms with E-state index in [0.29, 0.717) is 12.0 Å². The first kappa shape index (κ1) is 33.1. The van der Waals surface area contributed by atoms with Gasteiger partial charge in [-0.15, -0.1) is 0 Å². The summed E-state index contributed by atoms with van der Waals surface area (Å²) in [6.45, 7) is 10.9. The van der Waals surface area contributed by atoms with Crippen LogP contribution in [0.2, 0.25) is 0 Å². The molecule has 10 atom stereocenters. The fraction of sp³-hybridized carbons (Fsp3) is 0.750. The second-order valence-corrected chi connectivity index (χ2v) is 13.0. The lowest BCUT2D eigenvalue weighted by atomic mass is 9.55. The van der Waals surface area contributed by atoms with Crippen LogP contribution in [-0.4, -0.2) is 81.4 Å². The minimum absolute atomic E-state index is 0.00835. The SMILES string of the molecule is CCCCCCCC(=O)O[C@@H]1C[C@H](OC(C)=O)[C@@]2(C)C=C[C@@H](O)[C@@](C)(O)[C@@H]2[C@@H](OC(C)=O)[C@]23O[C@@]2(C)C(=O)O[C@H]3C=C1C. The van der Waals surface area contributed by atoms with Crippen molar-refractivity contribution in [1.82, 2.24) is 0 Å². The number of unbranched alkanes of at least 4 members (excludes halogenated alkanes) is 4. The Kier molecular flexibility index (Phi) is 9.22. The molecule has 11 nitrogen and oxygen atoms in total. The highest BCUT2D eigenvalue weighted by Gasteiger charge is 2.87. The van der Waals surface area contributed by atoms with Gasteiger partial charge in [-0.1, -0.05) is 51.7 Å². The van der Waals surface area contributed by atoms with E-state index in [4.69, 9.17) is 23.7 Å². The Morgan fingerprint density at radius 2 is 1.67 bits per heavy atom. The minimum atomic E-state index is -1.96. The highest BCUT2D eigenvalue weighted by atomic mass is 16.7. The van der Waals surface area contributed by atoms with Crippen molar-refractivity contribution < 1.29 is 53.1 Å². The van der Waals surface area contributed by atoms with Gasteiger partial charge in [0.1, 0.15) is 24.4 Å². The molecular formula is C32H46O11. The van der Waals surface area contributed by atoms with Crippen molar-refractivity contribution in [3.05, 3.63) is 23.8 Å². The molecule has 11 heteroatoms. The van der Waals surface area contributed by atoms with Gasteiger partial charge in [0, 0.05) is 38.0 Å². The fourth-order valence-corrected chi connectivity index (χ4v) is 7.33. The predicted octanol–water partition coefficient (Wildman–Crippen LogP) is 3.23. The Labute approximate surface area is 252 Å². The summed E-state index contributed by atoms with van der Waals surface area (Å²) in [6.07, 6.45) is 3.91. The molecule has 2 aliphatic heterocycles. The number of hydrogen-bond acceptors (Lipinski definition) is 11. The van der Waals surface area contributed by atoms with E-state index in [9.17, 15) is 29.4 Å². The Hall–Kier alpha value is -2.76. The third-order valence-corrected chi connectivity index (χ3v) is 9.79. The summed E-state index contributed by atoms with van der Waals surface area (Å²) in [5.74, 6) is -3.59. The highest BCUT2D eigenvalue weighted by Crippen LogP contribution is 2.65. The van der Waals surface area contributed by atoms with Crippen molar-refractivity contribution in [2.75, 3.05) is 0 Å². The van der Waals surface area contributed by atoms with Crippen molar-refractivity contribution in [2.24, 2.45) is 11.3 Å². The van der Waals surface area contributed by atoms with Gasteiger partial charge in [0.15, 0.2) is 17.3 Å². The number of rotatable bonds is 9. The summed E-state index contributed by atoms with van der Waals surface area (Å²) in [7, 11) is 0. The molecule has 2 aliphatic carbocycles. The monoisotopic (exact) mass is 606 g/mol. The van der Waals surface area contributed by atoms with Crippen LogP contribution in [0.3, 0.4) is 0 Å². The van der Waals surface area contributed by atoms with Crippen LogP contribution < -0.4 is 0 Å². The molecule has 1 spiro atoms. The van der Waals surface area contributed by atoms with Crippen molar-refractivity contribution in [1.29, 1.82) is 0 Å². The third-order valence-electron chi connectivity index (χ3n) is 9.79. The van der Waals surface area contributed by atoms with E-state index in [2.05, 4.69) is 6.92 Å². The van der Waals surface area contributed by atoms with Gasteiger partial charge in [0.25, 0.3) is 0 Å². The Morgan fingerprint density at radius 3 is 2.28 bits per heavy atom. The zero-order valence-corrected chi connectivity index (χ0v) is 26.2. The quantitative estimate of drug-likeness (QED) is 0.130. The van der Waals surface area contributed by atoms with Crippen LogP contribution in [0.25, 0.3) is 0 Å². The molecule has 2 N–H and O–H groups in total. The summed E-state index contributed by atoms with van der Waals surface area (Å²) in [4.78, 5) is 51.3. The molecule has 2 heterocycles. The van der Waals surface area contributed by atoms with Crippen molar-refractivity contribution in [2.45, 2.75) is 141 Å². The van der Waals surface area contributed by atoms with Gasteiger partial charge in [-0.3, -0.25) is 14.4 Å². The van der Waals surface area contributed by atoms with Crippen molar-refractivity contribution in [3.8, 4) is 0 Å². The summed E-state index contributed by atoms with van der Waals surface area (Å²) in [6, 6.07) is 0. The molecule has 2 saturated heterocycles. The fourth-order valence-electron chi connectivity index (χ4n) is 7.33. The van der Waals surface area contributed by atoms with Crippen LogP contribution in [0.4, 0.5) is 0 Å². The average molecular weight is 607 g/mol.